The van der Waals surface area contributed by atoms with Crippen LogP contribution in [0.5, 0.6) is 5.75 Å². The van der Waals surface area contributed by atoms with Gasteiger partial charge < -0.3 is 9.47 Å². The van der Waals surface area contributed by atoms with E-state index in [4.69, 9.17) is 4.74 Å². The number of aryl methyl sites for hydroxylation is 1. The van der Waals surface area contributed by atoms with Crippen LogP contribution in [0.15, 0.2) is 48.5 Å². The van der Waals surface area contributed by atoms with Crippen molar-refractivity contribution >= 4 is 11.9 Å². The van der Waals surface area contributed by atoms with E-state index in [1.807, 2.05) is 19.1 Å². The molecule has 0 aliphatic carbocycles. The van der Waals surface area contributed by atoms with E-state index in [0.717, 1.165) is 5.56 Å². The molecule has 0 N–H and O–H groups in total. The number of benzene rings is 2. The van der Waals surface area contributed by atoms with E-state index in [1.54, 1.807) is 36.4 Å². The second kappa shape index (κ2) is 6.70. The van der Waals surface area contributed by atoms with Crippen LogP contribution in [-0.4, -0.2) is 19.0 Å². The van der Waals surface area contributed by atoms with Crippen LogP contribution in [0, 0.1) is 6.92 Å². The molecule has 21 heavy (non-hydrogen) atoms. The minimum Gasteiger partial charge on any atom is -0.469 e. The van der Waals surface area contributed by atoms with Gasteiger partial charge in [0.25, 0.3) is 0 Å². The summed E-state index contributed by atoms with van der Waals surface area (Å²) in [4.78, 5) is 23.6. The van der Waals surface area contributed by atoms with Crippen LogP contribution in [0.1, 0.15) is 21.5 Å². The molecule has 0 aromatic heterocycles. The summed E-state index contributed by atoms with van der Waals surface area (Å²) in [5.74, 6) is -0.404. The number of hydrogen-bond donors (Lipinski definition) is 0. The summed E-state index contributed by atoms with van der Waals surface area (Å²) in [7, 11) is 1.32. The molecule has 0 atom stereocenters. The Morgan fingerprint density at radius 3 is 2.52 bits per heavy atom. The highest BCUT2D eigenvalue weighted by Gasteiger charge is 2.15. The molecule has 0 spiro atoms. The second-order valence-electron chi connectivity index (χ2n) is 4.62. The van der Waals surface area contributed by atoms with Gasteiger partial charge in [-0.1, -0.05) is 30.3 Å². The molecule has 108 valence electrons. The first kappa shape index (κ1) is 14.8. The fraction of sp³-hybridized carbons (Fsp3) is 0.176. The maximum atomic E-state index is 12.2. The second-order valence-corrected chi connectivity index (χ2v) is 4.62. The highest BCUT2D eigenvalue weighted by molar-refractivity contribution is 5.94. The first-order valence-corrected chi connectivity index (χ1v) is 6.53. The van der Waals surface area contributed by atoms with Gasteiger partial charge in [-0.2, -0.15) is 0 Å². The number of rotatable bonds is 4. The maximum absolute atomic E-state index is 12.2. The quantitative estimate of drug-likeness (QED) is 0.640. The van der Waals surface area contributed by atoms with E-state index < -0.39 is 11.9 Å². The van der Waals surface area contributed by atoms with Crippen LogP contribution in [0.3, 0.4) is 0 Å². The molecule has 0 aliphatic rings. The largest absolute Gasteiger partial charge is 0.469 e. The van der Waals surface area contributed by atoms with Crippen LogP contribution in [0.4, 0.5) is 0 Å². The van der Waals surface area contributed by atoms with E-state index >= 15 is 0 Å². The summed E-state index contributed by atoms with van der Waals surface area (Å²) < 4.78 is 9.98. The third-order valence-corrected chi connectivity index (χ3v) is 3.00. The molecular weight excluding hydrogens is 268 g/mol. The topological polar surface area (TPSA) is 52.6 Å². The number of esters is 2. The zero-order chi connectivity index (χ0) is 15.2. The zero-order valence-corrected chi connectivity index (χ0v) is 12.0. The molecule has 0 heterocycles. The molecule has 2 aromatic carbocycles. The molecule has 2 aromatic rings. The Morgan fingerprint density at radius 1 is 1.05 bits per heavy atom. The van der Waals surface area contributed by atoms with Crippen molar-refractivity contribution in [3.8, 4) is 5.75 Å². The van der Waals surface area contributed by atoms with Crippen molar-refractivity contribution in [3.05, 3.63) is 65.2 Å². The standard InChI is InChI=1S/C17H16O4/c1-12-6-5-8-14(10-12)21-17(19)15-9-4-3-7-13(15)11-16(18)20-2/h3-10H,11H2,1-2H3. The van der Waals surface area contributed by atoms with Gasteiger partial charge in [0.15, 0.2) is 0 Å². The first-order chi connectivity index (χ1) is 10.1. The van der Waals surface area contributed by atoms with Gasteiger partial charge >= 0.3 is 11.9 Å². The van der Waals surface area contributed by atoms with Gasteiger partial charge in [0.2, 0.25) is 0 Å². The summed E-state index contributed by atoms with van der Waals surface area (Å²) in [6, 6.07) is 14.1. The number of carbonyl (C=O) groups excluding carboxylic acids is 2. The van der Waals surface area contributed by atoms with Gasteiger partial charge in [-0.05, 0) is 36.2 Å². The average Bonchev–Trinajstić information content (AvgIpc) is 2.47. The van der Waals surface area contributed by atoms with Gasteiger partial charge in [-0.15, -0.1) is 0 Å². The highest BCUT2D eigenvalue weighted by Crippen LogP contribution is 2.17. The van der Waals surface area contributed by atoms with Crippen molar-refractivity contribution in [2.45, 2.75) is 13.3 Å². The number of carbonyl (C=O) groups is 2. The van der Waals surface area contributed by atoms with Gasteiger partial charge in [-0.3, -0.25) is 4.79 Å². The Kier molecular flexibility index (Phi) is 4.72. The third-order valence-electron chi connectivity index (χ3n) is 3.00. The number of hydrogen-bond acceptors (Lipinski definition) is 4. The Bertz CT molecular complexity index is 661. The highest BCUT2D eigenvalue weighted by atomic mass is 16.5. The molecule has 0 radical (unpaired) electrons. The maximum Gasteiger partial charge on any atom is 0.343 e. The Balaban J connectivity index is 2.21. The van der Waals surface area contributed by atoms with Gasteiger partial charge in [-0.25, -0.2) is 4.79 Å². The summed E-state index contributed by atoms with van der Waals surface area (Å²) in [6.07, 6.45) is 0.0373. The van der Waals surface area contributed by atoms with Crippen molar-refractivity contribution in [2.75, 3.05) is 7.11 Å². The zero-order valence-electron chi connectivity index (χ0n) is 12.0. The Morgan fingerprint density at radius 2 is 1.81 bits per heavy atom. The molecule has 0 fully saturated rings. The molecule has 0 saturated heterocycles. The van der Waals surface area contributed by atoms with Crippen LogP contribution in [0.2, 0.25) is 0 Å². The van der Waals surface area contributed by atoms with Crippen molar-refractivity contribution in [1.29, 1.82) is 0 Å². The lowest BCUT2D eigenvalue weighted by Crippen LogP contribution is -2.14. The summed E-state index contributed by atoms with van der Waals surface area (Å²) in [5, 5.41) is 0. The lowest BCUT2D eigenvalue weighted by molar-refractivity contribution is -0.139. The molecule has 0 saturated carbocycles. The fourth-order valence-electron chi connectivity index (χ4n) is 1.94. The smallest absolute Gasteiger partial charge is 0.343 e. The van der Waals surface area contributed by atoms with Gasteiger partial charge in [0.05, 0.1) is 19.1 Å². The molecule has 4 nitrogen and oxygen atoms in total. The summed E-state index contributed by atoms with van der Waals surface area (Å²) in [5.41, 5.74) is 1.95. The van der Waals surface area contributed by atoms with E-state index in [1.165, 1.54) is 7.11 Å². The first-order valence-electron chi connectivity index (χ1n) is 6.53. The van der Waals surface area contributed by atoms with E-state index in [2.05, 4.69) is 4.74 Å². The Labute approximate surface area is 123 Å². The predicted octanol–water partition coefficient (Wildman–Crippen LogP) is 2.93. The van der Waals surface area contributed by atoms with Crippen molar-refractivity contribution < 1.29 is 19.1 Å². The number of methoxy groups -OCH3 is 1. The van der Waals surface area contributed by atoms with Crippen molar-refractivity contribution in [2.24, 2.45) is 0 Å². The molecule has 0 unspecified atom stereocenters. The lowest BCUT2D eigenvalue weighted by atomic mass is 10.0. The molecule has 0 amide bonds. The molecular formula is C17H16O4. The van der Waals surface area contributed by atoms with E-state index in [0.29, 0.717) is 16.9 Å². The minimum atomic E-state index is -0.486. The van der Waals surface area contributed by atoms with Gasteiger partial charge in [0, 0.05) is 0 Å². The fourth-order valence-corrected chi connectivity index (χ4v) is 1.94. The summed E-state index contributed by atoms with van der Waals surface area (Å²) >= 11 is 0. The number of ether oxygens (including phenoxy) is 2. The van der Waals surface area contributed by atoms with Crippen molar-refractivity contribution in [1.82, 2.24) is 0 Å². The molecule has 0 aliphatic heterocycles. The normalized spacial score (nSPS) is 10.0. The average molecular weight is 284 g/mol. The van der Waals surface area contributed by atoms with Crippen LogP contribution < -0.4 is 4.74 Å². The van der Waals surface area contributed by atoms with Crippen LogP contribution >= 0.6 is 0 Å². The van der Waals surface area contributed by atoms with Gasteiger partial charge in [0.1, 0.15) is 5.75 Å². The Hall–Kier alpha value is -2.62. The SMILES string of the molecule is COC(=O)Cc1ccccc1C(=O)Oc1cccc(C)c1. The van der Waals surface area contributed by atoms with E-state index in [9.17, 15) is 9.59 Å². The molecule has 2 rings (SSSR count). The van der Waals surface area contributed by atoms with E-state index in [-0.39, 0.29) is 6.42 Å². The predicted molar refractivity (Wildman–Crippen MR) is 78.3 cm³/mol. The molecule has 0 bridgehead atoms. The van der Waals surface area contributed by atoms with Crippen molar-refractivity contribution in [3.63, 3.8) is 0 Å². The minimum absolute atomic E-state index is 0.0373. The molecule has 4 heteroatoms. The van der Waals surface area contributed by atoms with Crippen LogP contribution in [0.25, 0.3) is 0 Å². The monoisotopic (exact) mass is 284 g/mol. The third kappa shape index (κ3) is 3.92. The van der Waals surface area contributed by atoms with Crippen LogP contribution in [-0.2, 0) is 16.0 Å². The summed E-state index contributed by atoms with van der Waals surface area (Å²) in [6.45, 7) is 1.92. The lowest BCUT2D eigenvalue weighted by Gasteiger charge is -2.09.